The molecule has 0 spiro atoms. The average Bonchev–Trinajstić information content (AvgIpc) is 3.06. The molecule has 0 amide bonds. The van der Waals surface area contributed by atoms with Crippen molar-refractivity contribution < 1.29 is 4.79 Å². The fraction of sp³-hybridized carbons (Fsp3) is 0.111. The fourth-order valence-corrected chi connectivity index (χ4v) is 2.70. The lowest BCUT2D eigenvalue weighted by molar-refractivity contribution is 0.101. The highest BCUT2D eigenvalue weighted by Gasteiger charge is 2.11. The van der Waals surface area contributed by atoms with Crippen LogP contribution in [0.1, 0.15) is 22.8 Å². The monoisotopic (exact) mass is 317 g/mol. The molecule has 2 aromatic heterocycles. The van der Waals surface area contributed by atoms with E-state index in [9.17, 15) is 4.79 Å². The number of nitrogens with one attached hydrogen (secondary N) is 1. The Balaban J connectivity index is 1.87. The Kier molecular flexibility index (Phi) is 3.23. The van der Waals surface area contributed by atoms with Gasteiger partial charge >= 0.3 is 0 Å². The normalized spacial score (nSPS) is 11.1. The van der Waals surface area contributed by atoms with Gasteiger partial charge in [-0.25, -0.2) is 4.98 Å². The molecule has 6 nitrogen and oxygen atoms in total. The van der Waals surface area contributed by atoms with Gasteiger partial charge in [0.25, 0.3) is 0 Å². The number of carbonyl (C=O) groups is 1. The smallest absolute Gasteiger partial charge is 0.204 e. The first-order valence-corrected chi connectivity index (χ1v) is 7.60. The predicted octanol–water partition coefficient (Wildman–Crippen LogP) is 3.53. The number of aromatic nitrogens is 4. The van der Waals surface area contributed by atoms with Crippen LogP contribution in [0, 0.1) is 6.92 Å². The van der Waals surface area contributed by atoms with Crippen molar-refractivity contribution in [2.45, 2.75) is 13.8 Å². The Hall–Kier alpha value is -3.28. The molecular formula is C18H15N5O. The summed E-state index contributed by atoms with van der Waals surface area (Å²) in [5, 5.41) is 11.4. The number of hydrogen-bond donors (Lipinski definition) is 1. The van der Waals surface area contributed by atoms with Crippen LogP contribution in [0.25, 0.3) is 16.7 Å². The molecule has 0 radical (unpaired) electrons. The van der Waals surface area contributed by atoms with Gasteiger partial charge in [-0.15, -0.1) is 10.2 Å². The van der Waals surface area contributed by atoms with E-state index in [0.717, 1.165) is 22.3 Å². The molecule has 0 unspecified atom stereocenters. The van der Waals surface area contributed by atoms with Gasteiger partial charge in [0.1, 0.15) is 6.33 Å². The Morgan fingerprint density at radius 2 is 2.04 bits per heavy atom. The van der Waals surface area contributed by atoms with Gasteiger partial charge in [0, 0.05) is 11.3 Å². The molecule has 0 aliphatic heterocycles. The molecule has 1 N–H and O–H groups in total. The first-order chi connectivity index (χ1) is 11.6. The van der Waals surface area contributed by atoms with Crippen molar-refractivity contribution in [1.82, 2.24) is 19.6 Å². The minimum Gasteiger partial charge on any atom is -0.337 e. The molecule has 0 aliphatic carbocycles. The Bertz CT molecular complexity index is 1080. The third kappa shape index (κ3) is 2.38. The second-order valence-corrected chi connectivity index (χ2v) is 5.74. The van der Waals surface area contributed by atoms with Crippen molar-refractivity contribution in [3.63, 3.8) is 0 Å². The Labute approximate surface area is 138 Å². The molecule has 0 saturated carbocycles. The number of Topliss-reactive ketones (excluding diaryl/α,β-unsaturated/α-hetero) is 1. The van der Waals surface area contributed by atoms with E-state index in [1.807, 2.05) is 35.6 Å². The summed E-state index contributed by atoms with van der Waals surface area (Å²) in [6.45, 7) is 3.58. The summed E-state index contributed by atoms with van der Waals surface area (Å²) in [6.07, 6.45) is 1.68. The highest BCUT2D eigenvalue weighted by molar-refractivity contribution is 5.95. The van der Waals surface area contributed by atoms with Gasteiger partial charge in [-0.3, -0.25) is 9.20 Å². The van der Waals surface area contributed by atoms with E-state index < -0.39 is 0 Å². The number of hydrogen-bond acceptors (Lipinski definition) is 5. The number of fused-ring (bicyclic) bond motifs is 3. The maximum atomic E-state index is 11.6. The van der Waals surface area contributed by atoms with Crippen LogP contribution < -0.4 is 5.32 Å². The first kappa shape index (κ1) is 14.3. The molecule has 0 fully saturated rings. The third-order valence-corrected chi connectivity index (χ3v) is 3.91. The van der Waals surface area contributed by atoms with E-state index in [0.29, 0.717) is 17.0 Å². The summed E-state index contributed by atoms with van der Waals surface area (Å²) in [5.41, 5.74) is 5.02. The number of rotatable bonds is 3. The highest BCUT2D eigenvalue weighted by atomic mass is 16.1. The average molecular weight is 317 g/mol. The van der Waals surface area contributed by atoms with Crippen molar-refractivity contribution >= 4 is 34.0 Å². The highest BCUT2D eigenvalue weighted by Crippen LogP contribution is 2.24. The first-order valence-electron chi connectivity index (χ1n) is 7.60. The van der Waals surface area contributed by atoms with Crippen LogP contribution in [0.4, 0.5) is 11.5 Å². The van der Waals surface area contributed by atoms with Gasteiger partial charge < -0.3 is 5.32 Å². The zero-order valence-electron chi connectivity index (χ0n) is 13.3. The molecule has 4 aromatic rings. The van der Waals surface area contributed by atoms with Crippen molar-refractivity contribution in [3.8, 4) is 0 Å². The zero-order chi connectivity index (χ0) is 16.7. The van der Waals surface area contributed by atoms with E-state index in [1.54, 1.807) is 25.4 Å². The lowest BCUT2D eigenvalue weighted by atomic mass is 10.1. The van der Waals surface area contributed by atoms with E-state index >= 15 is 0 Å². The largest absolute Gasteiger partial charge is 0.337 e. The molecule has 24 heavy (non-hydrogen) atoms. The standard InChI is InChI=1S/C18H15N5O/c1-11-6-7-15-16(8-11)23-10-19-22-18(23)17(21-15)20-14-5-3-4-13(9-14)12(2)24/h3-10H,1-2H3,(H,20,21). The minimum atomic E-state index is 0.0215. The molecule has 6 heteroatoms. The molecular weight excluding hydrogens is 302 g/mol. The van der Waals surface area contributed by atoms with Crippen molar-refractivity contribution in [3.05, 3.63) is 59.9 Å². The van der Waals surface area contributed by atoms with Crippen LogP contribution in [-0.4, -0.2) is 25.4 Å². The molecule has 0 bridgehead atoms. The number of benzene rings is 2. The molecule has 0 aliphatic rings. The third-order valence-electron chi connectivity index (χ3n) is 3.91. The Morgan fingerprint density at radius 3 is 2.88 bits per heavy atom. The van der Waals surface area contributed by atoms with Crippen molar-refractivity contribution in [1.29, 1.82) is 0 Å². The number of anilines is 2. The molecule has 2 heterocycles. The maximum Gasteiger partial charge on any atom is 0.204 e. The summed E-state index contributed by atoms with van der Waals surface area (Å²) in [5.74, 6) is 0.623. The van der Waals surface area contributed by atoms with E-state index in [4.69, 9.17) is 0 Å². The van der Waals surface area contributed by atoms with Gasteiger partial charge in [0.05, 0.1) is 11.0 Å². The number of nitrogens with zero attached hydrogens (tertiary/aromatic N) is 4. The summed E-state index contributed by atoms with van der Waals surface area (Å²) in [7, 11) is 0. The van der Waals surface area contributed by atoms with E-state index in [-0.39, 0.29) is 5.78 Å². The van der Waals surface area contributed by atoms with E-state index in [1.165, 1.54) is 0 Å². The number of carbonyl (C=O) groups excluding carboxylic acids is 1. The molecule has 2 aromatic carbocycles. The lowest BCUT2D eigenvalue weighted by Gasteiger charge is -2.10. The van der Waals surface area contributed by atoms with E-state index in [2.05, 4.69) is 26.6 Å². The SMILES string of the molecule is CC(=O)c1cccc(Nc2nc3ccc(C)cc3n3cnnc23)c1. The van der Waals surface area contributed by atoms with Gasteiger partial charge in [-0.2, -0.15) is 0 Å². The van der Waals surface area contributed by atoms with Gasteiger partial charge in [0.2, 0.25) is 5.65 Å². The van der Waals surface area contributed by atoms with Crippen LogP contribution in [0.5, 0.6) is 0 Å². The second-order valence-electron chi connectivity index (χ2n) is 5.74. The van der Waals surface area contributed by atoms with Crippen LogP contribution in [0.3, 0.4) is 0 Å². The van der Waals surface area contributed by atoms with Gasteiger partial charge in [0.15, 0.2) is 11.6 Å². The summed E-state index contributed by atoms with van der Waals surface area (Å²) in [4.78, 5) is 16.2. The number of aryl methyl sites for hydroxylation is 1. The van der Waals surface area contributed by atoms with Gasteiger partial charge in [-0.05, 0) is 43.7 Å². The minimum absolute atomic E-state index is 0.0215. The van der Waals surface area contributed by atoms with Gasteiger partial charge in [-0.1, -0.05) is 18.2 Å². The van der Waals surface area contributed by atoms with Crippen LogP contribution in [-0.2, 0) is 0 Å². The van der Waals surface area contributed by atoms with Crippen LogP contribution in [0.2, 0.25) is 0 Å². The lowest BCUT2D eigenvalue weighted by Crippen LogP contribution is -2.01. The Morgan fingerprint density at radius 1 is 1.17 bits per heavy atom. The fourth-order valence-electron chi connectivity index (χ4n) is 2.70. The molecule has 118 valence electrons. The zero-order valence-corrected chi connectivity index (χ0v) is 13.3. The predicted molar refractivity (Wildman–Crippen MR) is 92.8 cm³/mol. The molecule has 4 rings (SSSR count). The topological polar surface area (TPSA) is 72.2 Å². The summed E-state index contributed by atoms with van der Waals surface area (Å²) in [6, 6.07) is 13.4. The van der Waals surface area contributed by atoms with Crippen LogP contribution in [0.15, 0.2) is 48.8 Å². The summed E-state index contributed by atoms with van der Waals surface area (Å²) < 4.78 is 1.91. The van der Waals surface area contributed by atoms with Crippen molar-refractivity contribution in [2.24, 2.45) is 0 Å². The van der Waals surface area contributed by atoms with Crippen LogP contribution >= 0.6 is 0 Å². The quantitative estimate of drug-likeness (QED) is 0.585. The molecule has 0 atom stereocenters. The second kappa shape index (κ2) is 5.42. The van der Waals surface area contributed by atoms with Crippen molar-refractivity contribution in [2.75, 3.05) is 5.32 Å². The maximum absolute atomic E-state index is 11.6. The molecule has 0 saturated heterocycles. The number of ketones is 1. The summed E-state index contributed by atoms with van der Waals surface area (Å²) >= 11 is 0.